The van der Waals surface area contributed by atoms with Crippen LogP contribution in [0.4, 0.5) is 5.13 Å². The molecule has 0 aliphatic heterocycles. The number of hydrogen-bond acceptors (Lipinski definition) is 5. The number of carbonyl (C=O) groups excluding carboxylic acids is 1. The van der Waals surface area contributed by atoms with Gasteiger partial charge in [0.15, 0.2) is 5.13 Å². The molecule has 1 heterocycles. The quantitative estimate of drug-likeness (QED) is 0.616. The third-order valence-corrected chi connectivity index (χ3v) is 5.63. The summed E-state index contributed by atoms with van der Waals surface area (Å²) in [6, 6.07) is 13.5. The Morgan fingerprint density at radius 3 is 2.78 bits per heavy atom. The van der Waals surface area contributed by atoms with E-state index in [2.05, 4.69) is 26.2 Å². The van der Waals surface area contributed by atoms with Gasteiger partial charge in [-0.25, -0.2) is 4.98 Å². The number of nitrogens with one attached hydrogen (secondary N) is 1. The molecule has 0 aliphatic rings. The fourth-order valence-electron chi connectivity index (χ4n) is 1.94. The highest BCUT2D eigenvalue weighted by Gasteiger charge is 2.10. The Bertz CT molecular complexity index is 834. The van der Waals surface area contributed by atoms with Crippen LogP contribution in [-0.2, 0) is 4.79 Å². The van der Waals surface area contributed by atoms with Crippen molar-refractivity contribution in [1.82, 2.24) is 4.98 Å². The van der Waals surface area contributed by atoms with Crippen LogP contribution in [0.3, 0.4) is 0 Å². The van der Waals surface area contributed by atoms with Crippen LogP contribution in [-0.4, -0.2) is 23.8 Å². The predicted octanol–water partition coefficient (Wildman–Crippen LogP) is 4.80. The average Bonchev–Trinajstić information content (AvgIpc) is 2.97. The minimum absolute atomic E-state index is 0.0685. The highest BCUT2D eigenvalue weighted by atomic mass is 79.9. The van der Waals surface area contributed by atoms with E-state index in [0.29, 0.717) is 10.9 Å². The standard InChI is InChI=1S/C16H13BrN2O2S2/c1-21-10-5-7-11(8-6-10)22-9-14(20)18-16-19-15-12(17)3-2-4-13(15)23-16/h2-8H,9H2,1H3,(H,18,19,20). The summed E-state index contributed by atoms with van der Waals surface area (Å²) in [5.41, 5.74) is 0.871. The molecule has 0 aliphatic carbocycles. The van der Waals surface area contributed by atoms with E-state index in [1.165, 1.54) is 23.1 Å². The summed E-state index contributed by atoms with van der Waals surface area (Å²) < 4.78 is 7.08. The molecule has 3 aromatic rings. The molecule has 1 N–H and O–H groups in total. The van der Waals surface area contributed by atoms with Gasteiger partial charge in [-0.3, -0.25) is 4.79 Å². The molecule has 0 fully saturated rings. The lowest BCUT2D eigenvalue weighted by molar-refractivity contribution is -0.113. The number of benzene rings is 2. The summed E-state index contributed by atoms with van der Waals surface area (Å²) >= 11 is 6.41. The Kier molecular flexibility index (Phi) is 5.20. The molecule has 0 unspecified atom stereocenters. The van der Waals surface area contributed by atoms with Crippen molar-refractivity contribution in [3.63, 3.8) is 0 Å². The first-order chi connectivity index (χ1) is 11.2. The second-order valence-corrected chi connectivity index (χ2v) is 7.55. The van der Waals surface area contributed by atoms with Gasteiger partial charge in [0.25, 0.3) is 0 Å². The number of fused-ring (bicyclic) bond motifs is 1. The summed E-state index contributed by atoms with van der Waals surface area (Å²) in [4.78, 5) is 17.5. The van der Waals surface area contributed by atoms with Crippen LogP contribution in [0, 0.1) is 0 Å². The summed E-state index contributed by atoms with van der Waals surface area (Å²) in [7, 11) is 1.63. The van der Waals surface area contributed by atoms with Crippen LogP contribution >= 0.6 is 39.0 Å². The number of hydrogen-bond donors (Lipinski definition) is 1. The number of halogens is 1. The third-order valence-electron chi connectivity index (χ3n) is 3.05. The Labute approximate surface area is 150 Å². The van der Waals surface area contributed by atoms with E-state index in [-0.39, 0.29) is 5.91 Å². The van der Waals surface area contributed by atoms with Crippen LogP contribution < -0.4 is 10.1 Å². The summed E-state index contributed by atoms with van der Waals surface area (Å²) in [6.45, 7) is 0. The Morgan fingerprint density at radius 2 is 2.09 bits per heavy atom. The molecule has 0 atom stereocenters. The number of para-hydroxylation sites is 1. The Hall–Kier alpha value is -1.57. The van der Waals surface area contributed by atoms with E-state index < -0.39 is 0 Å². The van der Waals surface area contributed by atoms with Crippen molar-refractivity contribution in [3.8, 4) is 5.75 Å². The zero-order valence-corrected chi connectivity index (χ0v) is 15.4. The van der Waals surface area contributed by atoms with Crippen LogP contribution in [0.25, 0.3) is 10.2 Å². The molecule has 7 heteroatoms. The Balaban J connectivity index is 1.60. The van der Waals surface area contributed by atoms with Crippen LogP contribution in [0.15, 0.2) is 51.8 Å². The van der Waals surface area contributed by atoms with E-state index in [4.69, 9.17) is 4.74 Å². The monoisotopic (exact) mass is 408 g/mol. The molecule has 2 aromatic carbocycles. The van der Waals surface area contributed by atoms with Crippen molar-refractivity contribution < 1.29 is 9.53 Å². The van der Waals surface area contributed by atoms with Crippen molar-refractivity contribution in [1.29, 1.82) is 0 Å². The number of carbonyl (C=O) groups is 1. The smallest absolute Gasteiger partial charge is 0.236 e. The van der Waals surface area contributed by atoms with Crippen molar-refractivity contribution >= 4 is 60.3 Å². The van der Waals surface area contributed by atoms with Crippen molar-refractivity contribution in [2.24, 2.45) is 0 Å². The number of anilines is 1. The van der Waals surface area contributed by atoms with E-state index in [9.17, 15) is 4.79 Å². The van der Waals surface area contributed by atoms with Gasteiger partial charge < -0.3 is 10.1 Å². The number of thioether (sulfide) groups is 1. The highest BCUT2D eigenvalue weighted by Crippen LogP contribution is 2.31. The SMILES string of the molecule is COc1ccc(SCC(=O)Nc2nc3c(Br)cccc3s2)cc1. The zero-order chi connectivity index (χ0) is 16.2. The van der Waals surface area contributed by atoms with E-state index >= 15 is 0 Å². The molecule has 1 aromatic heterocycles. The number of nitrogens with zero attached hydrogens (tertiary/aromatic N) is 1. The first-order valence-corrected chi connectivity index (χ1v) is 9.37. The number of rotatable bonds is 5. The summed E-state index contributed by atoms with van der Waals surface area (Å²) in [5.74, 6) is 1.07. The lowest BCUT2D eigenvalue weighted by Crippen LogP contribution is -2.13. The molecule has 23 heavy (non-hydrogen) atoms. The fraction of sp³-hybridized carbons (Fsp3) is 0.125. The normalized spacial score (nSPS) is 10.7. The molecule has 118 valence electrons. The van der Waals surface area contributed by atoms with Gasteiger partial charge >= 0.3 is 0 Å². The van der Waals surface area contributed by atoms with Gasteiger partial charge in [-0.15, -0.1) is 11.8 Å². The van der Waals surface area contributed by atoms with E-state index in [0.717, 1.165) is 25.3 Å². The zero-order valence-electron chi connectivity index (χ0n) is 12.2. The minimum atomic E-state index is -0.0685. The average molecular weight is 409 g/mol. The second kappa shape index (κ2) is 7.33. The van der Waals surface area contributed by atoms with Crippen molar-refractivity contribution in [2.45, 2.75) is 4.90 Å². The largest absolute Gasteiger partial charge is 0.497 e. The number of ether oxygens (including phenoxy) is 1. The van der Waals surface area contributed by atoms with Crippen LogP contribution in [0.1, 0.15) is 0 Å². The van der Waals surface area contributed by atoms with Gasteiger partial charge in [0.05, 0.1) is 23.1 Å². The maximum Gasteiger partial charge on any atom is 0.236 e. The van der Waals surface area contributed by atoms with E-state index in [1.807, 2.05) is 42.5 Å². The van der Waals surface area contributed by atoms with Gasteiger partial charge in [0.1, 0.15) is 5.75 Å². The van der Waals surface area contributed by atoms with Gasteiger partial charge in [-0.2, -0.15) is 0 Å². The Morgan fingerprint density at radius 1 is 1.30 bits per heavy atom. The first-order valence-electron chi connectivity index (χ1n) is 6.77. The first kappa shape index (κ1) is 16.3. The van der Waals surface area contributed by atoms with Crippen LogP contribution in [0.5, 0.6) is 5.75 Å². The number of thiazole rings is 1. The lowest BCUT2D eigenvalue weighted by Gasteiger charge is -2.03. The topological polar surface area (TPSA) is 51.2 Å². The van der Waals surface area contributed by atoms with Gasteiger partial charge in [-0.05, 0) is 52.3 Å². The highest BCUT2D eigenvalue weighted by molar-refractivity contribution is 9.10. The maximum atomic E-state index is 12.1. The molecular weight excluding hydrogens is 396 g/mol. The number of methoxy groups -OCH3 is 1. The predicted molar refractivity (Wildman–Crippen MR) is 99.7 cm³/mol. The molecule has 1 amide bonds. The second-order valence-electron chi connectivity index (χ2n) is 4.62. The number of aromatic nitrogens is 1. The molecule has 0 saturated heterocycles. The van der Waals surface area contributed by atoms with E-state index in [1.54, 1.807) is 7.11 Å². The summed E-state index contributed by atoms with van der Waals surface area (Å²) in [5, 5.41) is 3.47. The van der Waals surface area contributed by atoms with Gasteiger partial charge in [0.2, 0.25) is 5.91 Å². The molecule has 0 spiro atoms. The molecular formula is C16H13BrN2O2S2. The van der Waals surface area contributed by atoms with Gasteiger partial charge in [-0.1, -0.05) is 17.4 Å². The fourth-order valence-corrected chi connectivity index (χ4v) is 4.14. The van der Waals surface area contributed by atoms with Gasteiger partial charge in [0, 0.05) is 9.37 Å². The van der Waals surface area contributed by atoms with Crippen LogP contribution in [0.2, 0.25) is 0 Å². The molecule has 0 radical (unpaired) electrons. The third kappa shape index (κ3) is 4.04. The van der Waals surface area contributed by atoms with Crippen molar-refractivity contribution in [2.75, 3.05) is 18.2 Å². The minimum Gasteiger partial charge on any atom is -0.497 e. The number of amides is 1. The summed E-state index contributed by atoms with van der Waals surface area (Å²) in [6.07, 6.45) is 0. The molecule has 0 saturated carbocycles. The molecule has 3 rings (SSSR count). The lowest BCUT2D eigenvalue weighted by atomic mass is 10.3. The molecule has 4 nitrogen and oxygen atoms in total. The van der Waals surface area contributed by atoms with Crippen molar-refractivity contribution in [3.05, 3.63) is 46.9 Å². The molecule has 0 bridgehead atoms. The maximum absolute atomic E-state index is 12.1.